The lowest BCUT2D eigenvalue weighted by atomic mass is 10.1. The van der Waals surface area contributed by atoms with Gasteiger partial charge in [0.25, 0.3) is 5.56 Å². The maximum Gasteiger partial charge on any atom is 0.259 e. The number of methoxy groups -OCH3 is 1. The average molecular weight is 373 g/mol. The smallest absolute Gasteiger partial charge is 0.259 e. The number of nitrogens with one attached hydrogen (secondary N) is 1. The highest BCUT2D eigenvalue weighted by Crippen LogP contribution is 2.32. The van der Waals surface area contributed by atoms with Gasteiger partial charge in [0.1, 0.15) is 12.4 Å². The Kier molecular flexibility index (Phi) is 4.68. The van der Waals surface area contributed by atoms with Gasteiger partial charge in [0.2, 0.25) is 0 Å². The minimum absolute atomic E-state index is 0.181. The number of para-hydroxylation sites is 2. The third-order valence-electron chi connectivity index (χ3n) is 4.49. The zero-order valence-electron chi connectivity index (χ0n) is 15.3. The number of H-pyrrole nitrogens is 1. The summed E-state index contributed by atoms with van der Waals surface area (Å²) in [5.74, 6) is 1.60. The van der Waals surface area contributed by atoms with Gasteiger partial charge >= 0.3 is 0 Å². The molecule has 3 aromatic carbocycles. The van der Waals surface area contributed by atoms with Gasteiger partial charge in [-0.1, -0.05) is 30.3 Å². The van der Waals surface area contributed by atoms with Crippen LogP contribution in [0, 0.1) is 0 Å². The van der Waals surface area contributed by atoms with Crippen molar-refractivity contribution in [1.82, 2.24) is 9.97 Å². The monoisotopic (exact) mass is 373 g/mol. The Morgan fingerprint density at radius 2 is 1.79 bits per heavy atom. The Balaban J connectivity index is 1.65. The summed E-state index contributed by atoms with van der Waals surface area (Å²) in [6.07, 6.45) is 0. The lowest BCUT2D eigenvalue weighted by Crippen LogP contribution is -2.09. The molecule has 0 aliphatic heterocycles. The van der Waals surface area contributed by atoms with Crippen molar-refractivity contribution in [3.8, 4) is 22.9 Å². The van der Waals surface area contributed by atoms with E-state index in [0.717, 1.165) is 11.1 Å². The lowest BCUT2D eigenvalue weighted by Gasteiger charge is -2.13. The third kappa shape index (κ3) is 3.40. The van der Waals surface area contributed by atoms with E-state index in [1.807, 2.05) is 48.5 Å². The van der Waals surface area contributed by atoms with Crippen LogP contribution in [0.1, 0.15) is 5.56 Å². The first-order valence-electron chi connectivity index (χ1n) is 8.79. The molecule has 3 N–H and O–H groups in total. The molecule has 0 amide bonds. The number of hydrogen-bond acceptors (Lipinski definition) is 5. The van der Waals surface area contributed by atoms with Crippen molar-refractivity contribution in [3.63, 3.8) is 0 Å². The van der Waals surface area contributed by atoms with Crippen LogP contribution in [-0.2, 0) is 6.61 Å². The van der Waals surface area contributed by atoms with Crippen molar-refractivity contribution in [2.45, 2.75) is 6.61 Å². The number of hydrogen-bond donors (Lipinski definition) is 2. The van der Waals surface area contributed by atoms with E-state index in [1.165, 1.54) is 0 Å². The fraction of sp³-hybridized carbons (Fsp3) is 0.0909. The van der Waals surface area contributed by atoms with Crippen LogP contribution in [-0.4, -0.2) is 17.1 Å². The zero-order chi connectivity index (χ0) is 19.5. The summed E-state index contributed by atoms with van der Waals surface area (Å²) in [5.41, 5.74) is 8.72. The second-order valence-corrected chi connectivity index (χ2v) is 6.28. The number of nitrogens with two attached hydrogens (primary N) is 1. The van der Waals surface area contributed by atoms with Gasteiger partial charge in [-0.25, -0.2) is 4.98 Å². The Morgan fingerprint density at radius 1 is 1.00 bits per heavy atom. The van der Waals surface area contributed by atoms with E-state index in [-0.39, 0.29) is 5.56 Å². The third-order valence-corrected chi connectivity index (χ3v) is 4.49. The van der Waals surface area contributed by atoms with Gasteiger partial charge in [0.05, 0.1) is 18.0 Å². The molecule has 28 heavy (non-hydrogen) atoms. The first kappa shape index (κ1) is 17.6. The fourth-order valence-corrected chi connectivity index (χ4v) is 2.98. The van der Waals surface area contributed by atoms with Gasteiger partial charge in [0, 0.05) is 16.8 Å². The van der Waals surface area contributed by atoms with Crippen LogP contribution in [0.5, 0.6) is 11.5 Å². The molecular formula is C22H19N3O3. The summed E-state index contributed by atoms with van der Waals surface area (Å²) in [6, 6.07) is 20.2. The molecule has 0 spiro atoms. The number of aromatic amines is 1. The van der Waals surface area contributed by atoms with Crippen molar-refractivity contribution in [2.24, 2.45) is 0 Å². The quantitative estimate of drug-likeness (QED) is 0.520. The van der Waals surface area contributed by atoms with Crippen molar-refractivity contribution in [2.75, 3.05) is 12.8 Å². The molecule has 0 radical (unpaired) electrons. The van der Waals surface area contributed by atoms with Gasteiger partial charge in [-0.3, -0.25) is 4.79 Å². The van der Waals surface area contributed by atoms with E-state index in [0.29, 0.717) is 40.5 Å². The standard InChI is InChI=1S/C22H19N3O3/c1-27-20-12-14(21-24-18-9-5-3-7-16(18)22(26)25-21)10-11-19(20)28-13-15-6-2-4-8-17(15)23/h2-12H,13,23H2,1H3,(H,24,25,26). The Bertz CT molecular complexity index is 1200. The molecule has 0 saturated carbocycles. The maximum absolute atomic E-state index is 12.3. The lowest BCUT2D eigenvalue weighted by molar-refractivity contribution is 0.285. The molecule has 0 bridgehead atoms. The van der Waals surface area contributed by atoms with Crippen LogP contribution in [0.4, 0.5) is 5.69 Å². The van der Waals surface area contributed by atoms with Gasteiger partial charge in [0.15, 0.2) is 11.5 Å². The van der Waals surface area contributed by atoms with Crippen molar-refractivity contribution in [3.05, 3.63) is 82.6 Å². The van der Waals surface area contributed by atoms with Gasteiger partial charge in [-0.05, 0) is 36.4 Å². The van der Waals surface area contributed by atoms with Crippen LogP contribution >= 0.6 is 0 Å². The number of rotatable bonds is 5. The number of fused-ring (bicyclic) bond motifs is 1. The van der Waals surface area contributed by atoms with Crippen molar-refractivity contribution in [1.29, 1.82) is 0 Å². The molecule has 6 nitrogen and oxygen atoms in total. The fourth-order valence-electron chi connectivity index (χ4n) is 2.98. The Hall–Kier alpha value is -3.80. The molecule has 140 valence electrons. The van der Waals surface area contributed by atoms with Crippen LogP contribution in [0.15, 0.2) is 71.5 Å². The summed E-state index contributed by atoms with van der Waals surface area (Å²) in [4.78, 5) is 19.7. The molecule has 1 heterocycles. The molecule has 0 fully saturated rings. The Labute approximate surface area is 161 Å². The van der Waals surface area contributed by atoms with Crippen LogP contribution in [0.2, 0.25) is 0 Å². The summed E-state index contributed by atoms with van der Waals surface area (Å²) in [7, 11) is 1.57. The molecule has 0 atom stereocenters. The number of nitrogen functional groups attached to an aromatic ring is 1. The number of benzene rings is 3. The first-order valence-corrected chi connectivity index (χ1v) is 8.79. The minimum Gasteiger partial charge on any atom is -0.493 e. The van der Waals surface area contributed by atoms with E-state index >= 15 is 0 Å². The maximum atomic E-state index is 12.3. The first-order chi connectivity index (χ1) is 13.7. The van der Waals surface area contributed by atoms with E-state index < -0.39 is 0 Å². The predicted molar refractivity (Wildman–Crippen MR) is 110 cm³/mol. The molecule has 0 saturated heterocycles. The minimum atomic E-state index is -0.181. The molecule has 0 aliphatic rings. The molecule has 4 aromatic rings. The highest BCUT2D eigenvalue weighted by molar-refractivity contribution is 5.79. The molecule has 0 aliphatic carbocycles. The number of aromatic nitrogens is 2. The SMILES string of the molecule is COc1cc(-c2nc3ccccc3c(=O)[nH]2)ccc1OCc1ccccc1N. The van der Waals surface area contributed by atoms with E-state index in [9.17, 15) is 4.79 Å². The molecule has 6 heteroatoms. The highest BCUT2D eigenvalue weighted by atomic mass is 16.5. The molecule has 1 aromatic heterocycles. The molecular weight excluding hydrogens is 354 g/mol. The van der Waals surface area contributed by atoms with E-state index in [4.69, 9.17) is 15.2 Å². The number of anilines is 1. The topological polar surface area (TPSA) is 90.2 Å². The molecule has 4 rings (SSSR count). The largest absolute Gasteiger partial charge is 0.493 e. The van der Waals surface area contributed by atoms with Gasteiger partial charge in [-0.15, -0.1) is 0 Å². The predicted octanol–water partition coefficient (Wildman–Crippen LogP) is 3.76. The van der Waals surface area contributed by atoms with E-state index in [1.54, 1.807) is 25.3 Å². The summed E-state index contributed by atoms with van der Waals surface area (Å²) >= 11 is 0. The second-order valence-electron chi connectivity index (χ2n) is 6.28. The van der Waals surface area contributed by atoms with Crippen LogP contribution in [0.3, 0.4) is 0 Å². The highest BCUT2D eigenvalue weighted by Gasteiger charge is 2.11. The zero-order valence-corrected chi connectivity index (χ0v) is 15.3. The molecule has 0 unspecified atom stereocenters. The van der Waals surface area contributed by atoms with Crippen LogP contribution < -0.4 is 20.8 Å². The van der Waals surface area contributed by atoms with Crippen molar-refractivity contribution < 1.29 is 9.47 Å². The summed E-state index contributed by atoms with van der Waals surface area (Å²) < 4.78 is 11.4. The summed E-state index contributed by atoms with van der Waals surface area (Å²) in [5, 5.41) is 0.554. The second kappa shape index (κ2) is 7.44. The van der Waals surface area contributed by atoms with Gasteiger partial charge < -0.3 is 20.2 Å². The van der Waals surface area contributed by atoms with E-state index in [2.05, 4.69) is 9.97 Å². The normalized spacial score (nSPS) is 10.8. The Morgan fingerprint density at radius 3 is 2.61 bits per heavy atom. The number of nitrogens with zero attached hydrogens (tertiary/aromatic N) is 1. The number of ether oxygens (including phenoxy) is 2. The van der Waals surface area contributed by atoms with Crippen molar-refractivity contribution >= 4 is 16.6 Å². The summed E-state index contributed by atoms with van der Waals surface area (Å²) in [6.45, 7) is 0.327. The average Bonchev–Trinajstić information content (AvgIpc) is 2.73. The van der Waals surface area contributed by atoms with Crippen LogP contribution in [0.25, 0.3) is 22.3 Å². The van der Waals surface area contributed by atoms with Gasteiger partial charge in [-0.2, -0.15) is 0 Å².